The number of hydrogen-bond acceptors (Lipinski definition) is 9. The lowest BCUT2D eigenvalue weighted by Gasteiger charge is -2.40. The molecule has 0 spiro atoms. The number of fused-ring (bicyclic) bond motifs is 3. The molecule has 2 aromatic heterocycles. The Kier molecular flexibility index (Phi) is 6.06. The van der Waals surface area contributed by atoms with Gasteiger partial charge in [-0.05, 0) is 39.9 Å². The zero-order chi connectivity index (χ0) is 22.3. The first kappa shape index (κ1) is 22.2. The van der Waals surface area contributed by atoms with E-state index in [1.165, 1.54) is 11.8 Å². The van der Waals surface area contributed by atoms with Crippen molar-refractivity contribution < 1.29 is 19.4 Å². The number of halogens is 1. The Hall–Kier alpha value is -2.04. The Morgan fingerprint density at radius 3 is 2.84 bits per heavy atom. The average Bonchev–Trinajstić information content (AvgIpc) is 2.99. The van der Waals surface area contributed by atoms with Crippen molar-refractivity contribution in [3.8, 4) is 11.8 Å². The van der Waals surface area contributed by atoms with E-state index in [4.69, 9.17) is 21.1 Å². The van der Waals surface area contributed by atoms with Crippen LogP contribution in [0.3, 0.4) is 0 Å². The minimum atomic E-state index is -0.551. The molecule has 2 aliphatic rings. The van der Waals surface area contributed by atoms with E-state index in [-0.39, 0.29) is 47.7 Å². The molecule has 4 heterocycles. The molecular formula is C20H26ClN5O4S. The summed E-state index contributed by atoms with van der Waals surface area (Å²) in [6, 6.07) is 1.52. The monoisotopic (exact) mass is 467 g/mol. The molecule has 4 rings (SSSR count). The number of thioether (sulfide) groups is 1. The molecule has 9 nitrogen and oxygen atoms in total. The molecule has 2 bridgehead atoms. The van der Waals surface area contributed by atoms with E-state index in [0.29, 0.717) is 22.6 Å². The van der Waals surface area contributed by atoms with Gasteiger partial charge in [0.15, 0.2) is 5.16 Å². The zero-order valence-electron chi connectivity index (χ0n) is 17.9. The maximum atomic E-state index is 12.8. The second kappa shape index (κ2) is 8.48. The number of rotatable bonds is 4. The van der Waals surface area contributed by atoms with Crippen LogP contribution >= 0.6 is 23.4 Å². The van der Waals surface area contributed by atoms with E-state index in [2.05, 4.69) is 20.3 Å². The predicted molar refractivity (Wildman–Crippen MR) is 118 cm³/mol. The van der Waals surface area contributed by atoms with E-state index in [0.717, 1.165) is 12.8 Å². The molecule has 2 N–H and O–H groups in total. The summed E-state index contributed by atoms with van der Waals surface area (Å²) >= 11 is 7.47. The van der Waals surface area contributed by atoms with Crippen molar-refractivity contribution in [1.29, 1.82) is 0 Å². The summed E-state index contributed by atoms with van der Waals surface area (Å²) in [6.45, 7) is 6.50. The van der Waals surface area contributed by atoms with Crippen LogP contribution in [-0.2, 0) is 4.74 Å². The molecule has 168 valence electrons. The molecule has 2 saturated heterocycles. The third-order valence-electron chi connectivity index (χ3n) is 5.39. The van der Waals surface area contributed by atoms with Crippen molar-refractivity contribution in [2.75, 3.05) is 19.4 Å². The largest absolute Gasteiger partial charge is 0.493 e. The molecule has 0 aromatic carbocycles. The van der Waals surface area contributed by atoms with Gasteiger partial charge in [0, 0.05) is 18.7 Å². The van der Waals surface area contributed by atoms with Gasteiger partial charge in [-0.15, -0.1) is 0 Å². The standard InChI is InChI=1S/C20H26ClN5O4S/c1-20(2,3)30-19(28)26-10-5-6-13(26)12(22-8-10)9-29-17-15-11(7-14(21)24-17)23-18(31-4)25-16(15)27/h7,10,12-13,22H,5-6,8-9H2,1-4H3,(H,23,25,27)/t10-,12+,13+/m1/s1. The summed E-state index contributed by atoms with van der Waals surface area (Å²) in [6.07, 6.45) is 3.30. The quantitative estimate of drug-likeness (QED) is 0.397. The van der Waals surface area contributed by atoms with E-state index in [1.54, 1.807) is 6.07 Å². The van der Waals surface area contributed by atoms with Gasteiger partial charge in [-0.2, -0.15) is 4.98 Å². The van der Waals surface area contributed by atoms with Crippen LogP contribution < -0.4 is 10.1 Å². The lowest BCUT2D eigenvalue weighted by Crippen LogP contribution is -2.61. The zero-order valence-corrected chi connectivity index (χ0v) is 19.5. The summed E-state index contributed by atoms with van der Waals surface area (Å²) in [5.41, 5.74) is -0.0933. The van der Waals surface area contributed by atoms with Crippen LogP contribution in [0.25, 0.3) is 10.9 Å². The average molecular weight is 468 g/mol. The van der Waals surface area contributed by atoms with Crippen LogP contribution in [-0.4, -0.2) is 74.2 Å². The summed E-state index contributed by atoms with van der Waals surface area (Å²) in [4.78, 5) is 27.3. The molecule has 3 atom stereocenters. The smallest absolute Gasteiger partial charge is 0.410 e. The second-order valence-electron chi connectivity index (χ2n) is 8.69. The van der Waals surface area contributed by atoms with Gasteiger partial charge in [0.05, 0.1) is 17.6 Å². The van der Waals surface area contributed by atoms with Crippen LogP contribution in [0.5, 0.6) is 11.8 Å². The molecular weight excluding hydrogens is 442 g/mol. The number of carbonyl (C=O) groups excluding carboxylic acids is 1. The normalized spacial score (nSPS) is 23.3. The van der Waals surface area contributed by atoms with Gasteiger partial charge in [-0.3, -0.25) is 4.90 Å². The fourth-order valence-corrected chi connectivity index (χ4v) is 4.66. The van der Waals surface area contributed by atoms with E-state index >= 15 is 0 Å². The van der Waals surface area contributed by atoms with E-state index in [1.807, 2.05) is 31.9 Å². The summed E-state index contributed by atoms with van der Waals surface area (Å²) < 4.78 is 11.6. The number of pyridine rings is 1. The molecule has 1 amide bonds. The predicted octanol–water partition coefficient (Wildman–Crippen LogP) is 3.22. The number of nitrogens with one attached hydrogen (secondary N) is 1. The first-order chi connectivity index (χ1) is 14.7. The number of aromatic hydroxyl groups is 1. The SMILES string of the molecule is CSc1nc(O)c2c(OC[C@@H]3NC[C@H]4CC[C@@H]3N4C(=O)OC(C)(C)C)nc(Cl)cc2n1. The summed E-state index contributed by atoms with van der Waals surface area (Å²) in [7, 11) is 0. The van der Waals surface area contributed by atoms with Gasteiger partial charge in [0.25, 0.3) is 0 Å². The lowest BCUT2D eigenvalue weighted by molar-refractivity contribution is 0.00115. The number of piperazine rings is 1. The fraction of sp³-hybridized carbons (Fsp3) is 0.600. The Morgan fingerprint density at radius 1 is 1.35 bits per heavy atom. The van der Waals surface area contributed by atoms with Gasteiger partial charge < -0.3 is 19.9 Å². The van der Waals surface area contributed by atoms with Gasteiger partial charge in [-0.1, -0.05) is 23.4 Å². The highest BCUT2D eigenvalue weighted by Crippen LogP contribution is 2.35. The highest BCUT2D eigenvalue weighted by Gasteiger charge is 2.46. The highest BCUT2D eigenvalue weighted by atomic mass is 35.5. The molecule has 0 aliphatic carbocycles. The van der Waals surface area contributed by atoms with Crippen LogP contribution in [0.4, 0.5) is 4.79 Å². The number of hydrogen-bond donors (Lipinski definition) is 2. The molecule has 2 aromatic rings. The number of nitrogens with zero attached hydrogens (tertiary/aromatic N) is 4. The third-order valence-corrected chi connectivity index (χ3v) is 6.13. The minimum absolute atomic E-state index is 0.0491. The Bertz CT molecular complexity index is 1000. The Morgan fingerprint density at radius 2 is 2.13 bits per heavy atom. The first-order valence-corrected chi connectivity index (χ1v) is 11.8. The lowest BCUT2D eigenvalue weighted by atomic mass is 10.1. The number of carbonyl (C=O) groups is 1. The van der Waals surface area contributed by atoms with Gasteiger partial charge in [0.2, 0.25) is 11.8 Å². The highest BCUT2D eigenvalue weighted by molar-refractivity contribution is 7.98. The van der Waals surface area contributed by atoms with Crippen molar-refractivity contribution in [2.45, 2.75) is 62.5 Å². The van der Waals surface area contributed by atoms with Crippen molar-refractivity contribution in [1.82, 2.24) is 25.2 Å². The molecule has 0 radical (unpaired) electrons. The second-order valence-corrected chi connectivity index (χ2v) is 9.85. The van der Waals surface area contributed by atoms with Gasteiger partial charge in [0.1, 0.15) is 22.7 Å². The van der Waals surface area contributed by atoms with Gasteiger partial charge >= 0.3 is 6.09 Å². The van der Waals surface area contributed by atoms with Crippen LogP contribution in [0, 0.1) is 0 Å². The number of amides is 1. The maximum Gasteiger partial charge on any atom is 0.410 e. The maximum absolute atomic E-state index is 12.8. The third kappa shape index (κ3) is 4.61. The Balaban J connectivity index is 1.54. The van der Waals surface area contributed by atoms with Crippen molar-refractivity contribution >= 4 is 40.4 Å². The van der Waals surface area contributed by atoms with Crippen LogP contribution in [0.1, 0.15) is 33.6 Å². The van der Waals surface area contributed by atoms with Crippen molar-refractivity contribution in [3.05, 3.63) is 11.2 Å². The summed E-state index contributed by atoms with van der Waals surface area (Å²) in [5.74, 6) is -0.0418. The molecule has 0 saturated carbocycles. The topological polar surface area (TPSA) is 110 Å². The van der Waals surface area contributed by atoms with Crippen LogP contribution in [0.15, 0.2) is 11.2 Å². The summed E-state index contributed by atoms with van der Waals surface area (Å²) in [5, 5.41) is 14.8. The molecule has 2 fully saturated rings. The van der Waals surface area contributed by atoms with E-state index < -0.39 is 5.60 Å². The van der Waals surface area contributed by atoms with Crippen LogP contribution in [0.2, 0.25) is 5.15 Å². The minimum Gasteiger partial charge on any atom is -0.493 e. The fourth-order valence-electron chi connectivity index (χ4n) is 4.12. The molecule has 2 aliphatic heterocycles. The number of ether oxygens (including phenoxy) is 2. The van der Waals surface area contributed by atoms with Crippen molar-refractivity contribution in [3.63, 3.8) is 0 Å². The molecule has 31 heavy (non-hydrogen) atoms. The Labute approximate surface area is 189 Å². The first-order valence-electron chi connectivity index (χ1n) is 10.1. The van der Waals surface area contributed by atoms with Crippen molar-refractivity contribution in [2.24, 2.45) is 0 Å². The van der Waals surface area contributed by atoms with E-state index in [9.17, 15) is 9.90 Å². The molecule has 0 unspecified atom stereocenters. The molecule has 11 heteroatoms. The van der Waals surface area contributed by atoms with Gasteiger partial charge in [-0.25, -0.2) is 14.8 Å². The number of aromatic nitrogens is 3.